The Kier molecular flexibility index (Phi) is 5.85. The summed E-state index contributed by atoms with van der Waals surface area (Å²) >= 11 is 1.12. The van der Waals surface area contributed by atoms with Gasteiger partial charge in [0.05, 0.1) is 22.3 Å². The third kappa shape index (κ3) is 4.38. The predicted molar refractivity (Wildman–Crippen MR) is 114 cm³/mol. The molecule has 0 aliphatic heterocycles. The van der Waals surface area contributed by atoms with E-state index in [1.165, 1.54) is 22.8 Å². The number of rotatable bonds is 6. The fourth-order valence-electron chi connectivity index (χ4n) is 2.94. The number of hydrogen-bond acceptors (Lipinski definition) is 5. The molecule has 1 amide bonds. The van der Waals surface area contributed by atoms with Crippen LogP contribution < -0.4 is 10.9 Å². The first-order valence-electron chi connectivity index (χ1n) is 9.18. The molecule has 0 saturated heterocycles. The fourth-order valence-corrected chi connectivity index (χ4v) is 3.78. The lowest BCUT2D eigenvalue weighted by atomic mass is 10.2. The number of para-hydroxylation sites is 1. The zero-order valence-corrected chi connectivity index (χ0v) is 16.6. The van der Waals surface area contributed by atoms with Gasteiger partial charge in [-0.1, -0.05) is 36.0 Å². The van der Waals surface area contributed by atoms with E-state index >= 15 is 0 Å². The van der Waals surface area contributed by atoms with Crippen LogP contribution in [0.2, 0.25) is 0 Å². The standard InChI is InChI=1S/C22H17FN4O2S/c23-16-6-3-7-17(11-16)27-21(29)18-8-1-2-9-19(18)26-22(27)30-14-20(28)25-13-15-5-4-10-24-12-15/h1-12H,13-14H2,(H,25,28). The summed E-state index contributed by atoms with van der Waals surface area (Å²) in [5.74, 6) is -0.616. The lowest BCUT2D eigenvalue weighted by Crippen LogP contribution is -2.26. The topological polar surface area (TPSA) is 76.9 Å². The number of amides is 1. The zero-order valence-electron chi connectivity index (χ0n) is 15.8. The van der Waals surface area contributed by atoms with E-state index in [2.05, 4.69) is 15.3 Å². The normalized spacial score (nSPS) is 10.8. The second kappa shape index (κ2) is 8.87. The fraction of sp³-hybridized carbons (Fsp3) is 0.0909. The summed E-state index contributed by atoms with van der Waals surface area (Å²) < 4.78 is 15.1. The Labute approximate surface area is 175 Å². The summed E-state index contributed by atoms with van der Waals surface area (Å²) in [6.07, 6.45) is 3.35. The van der Waals surface area contributed by atoms with Gasteiger partial charge in [-0.2, -0.15) is 0 Å². The molecule has 6 nitrogen and oxygen atoms in total. The maximum atomic E-state index is 13.8. The molecule has 1 N–H and O–H groups in total. The minimum absolute atomic E-state index is 0.0559. The number of halogens is 1. The molecule has 8 heteroatoms. The maximum absolute atomic E-state index is 13.8. The van der Waals surface area contributed by atoms with Crippen LogP contribution in [0.25, 0.3) is 16.6 Å². The molecule has 2 aromatic heterocycles. The minimum atomic E-state index is -0.460. The van der Waals surface area contributed by atoms with Crippen molar-refractivity contribution in [2.75, 3.05) is 5.75 Å². The van der Waals surface area contributed by atoms with Crippen molar-refractivity contribution in [3.05, 3.63) is 94.8 Å². The van der Waals surface area contributed by atoms with Gasteiger partial charge in [0.15, 0.2) is 5.16 Å². The highest BCUT2D eigenvalue weighted by molar-refractivity contribution is 7.99. The highest BCUT2D eigenvalue weighted by Crippen LogP contribution is 2.21. The van der Waals surface area contributed by atoms with Crippen molar-refractivity contribution in [3.8, 4) is 5.69 Å². The number of benzene rings is 2. The van der Waals surface area contributed by atoms with Crippen molar-refractivity contribution in [2.24, 2.45) is 0 Å². The second-order valence-electron chi connectivity index (χ2n) is 6.46. The number of aromatic nitrogens is 3. The quantitative estimate of drug-likeness (QED) is 0.383. The van der Waals surface area contributed by atoms with E-state index in [1.807, 2.05) is 6.07 Å². The van der Waals surface area contributed by atoms with Gasteiger partial charge in [0.1, 0.15) is 5.82 Å². The summed E-state index contributed by atoms with van der Waals surface area (Å²) in [7, 11) is 0. The number of thioether (sulfide) groups is 1. The SMILES string of the molecule is O=C(CSc1nc2ccccc2c(=O)n1-c1cccc(F)c1)NCc1cccnc1. The first-order chi connectivity index (χ1) is 14.6. The van der Waals surface area contributed by atoms with Crippen LogP contribution in [0.4, 0.5) is 4.39 Å². The van der Waals surface area contributed by atoms with Crippen molar-refractivity contribution < 1.29 is 9.18 Å². The second-order valence-corrected chi connectivity index (χ2v) is 7.40. The largest absolute Gasteiger partial charge is 0.351 e. The molecular weight excluding hydrogens is 403 g/mol. The molecule has 0 fully saturated rings. The Morgan fingerprint density at radius 3 is 2.77 bits per heavy atom. The average Bonchev–Trinajstić information content (AvgIpc) is 2.77. The van der Waals surface area contributed by atoms with Crippen LogP contribution in [0.3, 0.4) is 0 Å². The van der Waals surface area contributed by atoms with Gasteiger partial charge in [-0.15, -0.1) is 0 Å². The van der Waals surface area contributed by atoms with Crippen LogP contribution in [-0.4, -0.2) is 26.2 Å². The first-order valence-corrected chi connectivity index (χ1v) is 10.2. The van der Waals surface area contributed by atoms with Crippen molar-refractivity contribution >= 4 is 28.6 Å². The number of carbonyl (C=O) groups excluding carboxylic acids is 1. The van der Waals surface area contributed by atoms with Gasteiger partial charge in [0.25, 0.3) is 5.56 Å². The molecule has 0 atom stereocenters. The highest BCUT2D eigenvalue weighted by Gasteiger charge is 2.15. The third-order valence-corrected chi connectivity index (χ3v) is 5.29. The van der Waals surface area contributed by atoms with Crippen LogP contribution in [-0.2, 0) is 11.3 Å². The number of fused-ring (bicyclic) bond motifs is 1. The van der Waals surface area contributed by atoms with Crippen molar-refractivity contribution in [3.63, 3.8) is 0 Å². The van der Waals surface area contributed by atoms with Crippen LogP contribution >= 0.6 is 11.8 Å². The lowest BCUT2D eigenvalue weighted by Gasteiger charge is -2.13. The maximum Gasteiger partial charge on any atom is 0.266 e. The van der Waals surface area contributed by atoms with E-state index in [0.29, 0.717) is 28.3 Å². The van der Waals surface area contributed by atoms with Crippen LogP contribution in [0, 0.1) is 5.82 Å². The molecule has 2 heterocycles. The van der Waals surface area contributed by atoms with E-state index in [0.717, 1.165) is 17.3 Å². The molecule has 0 aliphatic rings. The Morgan fingerprint density at radius 1 is 1.10 bits per heavy atom. The van der Waals surface area contributed by atoms with E-state index in [4.69, 9.17) is 0 Å². The van der Waals surface area contributed by atoms with Crippen molar-refractivity contribution in [1.82, 2.24) is 19.9 Å². The number of carbonyl (C=O) groups is 1. The summed E-state index contributed by atoms with van der Waals surface area (Å²) in [6, 6.07) is 16.4. The molecule has 0 unspecified atom stereocenters. The summed E-state index contributed by atoms with van der Waals surface area (Å²) in [5.41, 5.74) is 1.45. The molecule has 0 saturated carbocycles. The Morgan fingerprint density at radius 2 is 1.97 bits per heavy atom. The van der Waals surface area contributed by atoms with Gasteiger partial charge in [0, 0.05) is 18.9 Å². The molecule has 0 aliphatic carbocycles. The number of nitrogens with one attached hydrogen (secondary N) is 1. The van der Waals surface area contributed by atoms with Crippen LogP contribution in [0.5, 0.6) is 0 Å². The van der Waals surface area contributed by atoms with Gasteiger partial charge in [0.2, 0.25) is 5.91 Å². The molecular formula is C22H17FN4O2S. The Balaban J connectivity index is 1.61. The molecule has 0 bridgehead atoms. The van der Waals surface area contributed by atoms with Gasteiger partial charge in [-0.3, -0.25) is 19.1 Å². The zero-order chi connectivity index (χ0) is 20.9. The third-order valence-electron chi connectivity index (χ3n) is 4.36. The monoisotopic (exact) mass is 420 g/mol. The van der Waals surface area contributed by atoms with Gasteiger partial charge in [-0.05, 0) is 42.0 Å². The predicted octanol–water partition coefficient (Wildman–Crippen LogP) is 3.33. The molecule has 0 spiro atoms. The van der Waals surface area contributed by atoms with Crippen molar-refractivity contribution in [2.45, 2.75) is 11.7 Å². The van der Waals surface area contributed by atoms with E-state index in [-0.39, 0.29) is 17.2 Å². The number of nitrogens with zero attached hydrogens (tertiary/aromatic N) is 3. The van der Waals surface area contributed by atoms with Gasteiger partial charge >= 0.3 is 0 Å². The van der Waals surface area contributed by atoms with E-state index in [1.54, 1.807) is 48.8 Å². The summed E-state index contributed by atoms with van der Waals surface area (Å²) in [6.45, 7) is 0.356. The molecule has 4 aromatic rings. The Hall–Kier alpha value is -3.52. The van der Waals surface area contributed by atoms with Crippen molar-refractivity contribution in [1.29, 1.82) is 0 Å². The summed E-state index contributed by atoms with van der Waals surface area (Å²) in [4.78, 5) is 34.0. The molecule has 2 aromatic carbocycles. The Bertz CT molecular complexity index is 1260. The molecule has 4 rings (SSSR count). The molecule has 150 valence electrons. The number of pyridine rings is 1. The van der Waals surface area contributed by atoms with Gasteiger partial charge in [-0.25, -0.2) is 9.37 Å². The summed E-state index contributed by atoms with van der Waals surface area (Å²) in [5, 5.41) is 3.56. The average molecular weight is 420 g/mol. The smallest absolute Gasteiger partial charge is 0.266 e. The van der Waals surface area contributed by atoms with E-state index < -0.39 is 5.82 Å². The van der Waals surface area contributed by atoms with Crippen LogP contribution in [0.15, 0.2) is 83.0 Å². The molecule has 0 radical (unpaired) electrons. The lowest BCUT2D eigenvalue weighted by molar-refractivity contribution is -0.118. The van der Waals surface area contributed by atoms with E-state index in [9.17, 15) is 14.0 Å². The molecule has 30 heavy (non-hydrogen) atoms. The minimum Gasteiger partial charge on any atom is -0.351 e. The van der Waals surface area contributed by atoms with Gasteiger partial charge < -0.3 is 5.32 Å². The van der Waals surface area contributed by atoms with Crippen LogP contribution in [0.1, 0.15) is 5.56 Å². The first kappa shape index (κ1) is 19.8. The number of hydrogen-bond donors (Lipinski definition) is 1. The highest BCUT2D eigenvalue weighted by atomic mass is 32.2.